The molecule has 2 rings (SSSR count). The molecule has 0 bridgehead atoms. The second kappa shape index (κ2) is 4.89. The Hall–Kier alpha value is -1.33. The van der Waals surface area contributed by atoms with E-state index in [-0.39, 0.29) is 11.7 Å². The van der Waals surface area contributed by atoms with Gasteiger partial charge in [-0.2, -0.15) is 0 Å². The van der Waals surface area contributed by atoms with E-state index in [1.54, 1.807) is 0 Å². The van der Waals surface area contributed by atoms with Crippen LogP contribution in [0, 0.1) is 0 Å². The normalized spacial score (nSPS) is 20.4. The smallest absolute Gasteiger partial charge is 0.337 e. The van der Waals surface area contributed by atoms with E-state index in [9.17, 15) is 4.79 Å². The molecule has 1 aliphatic rings. The highest BCUT2D eigenvalue weighted by Crippen LogP contribution is 2.25. The van der Waals surface area contributed by atoms with E-state index in [2.05, 4.69) is 4.98 Å². The molecule has 1 aromatic heterocycles. The van der Waals surface area contributed by atoms with Crippen molar-refractivity contribution in [3.63, 3.8) is 0 Å². The lowest BCUT2D eigenvalue weighted by atomic mass is 10.2. The summed E-state index contributed by atoms with van der Waals surface area (Å²) in [7, 11) is 0. The van der Waals surface area contributed by atoms with Crippen LogP contribution in [-0.2, 0) is 4.74 Å². The van der Waals surface area contributed by atoms with Crippen LogP contribution in [0.2, 0.25) is 5.02 Å². The molecule has 0 spiro atoms. The fourth-order valence-electron chi connectivity index (χ4n) is 1.79. The second-order valence-electron chi connectivity index (χ2n) is 3.96. The Morgan fingerprint density at radius 1 is 1.71 bits per heavy atom. The largest absolute Gasteiger partial charge is 0.478 e. The minimum absolute atomic E-state index is 0.0973. The molecular formula is C11H13ClN2O3. The van der Waals surface area contributed by atoms with Gasteiger partial charge in [-0.1, -0.05) is 11.6 Å². The number of hydrogen-bond acceptors (Lipinski definition) is 4. The van der Waals surface area contributed by atoms with Gasteiger partial charge in [-0.05, 0) is 13.0 Å². The van der Waals surface area contributed by atoms with Gasteiger partial charge in [0.25, 0.3) is 0 Å². The summed E-state index contributed by atoms with van der Waals surface area (Å²) in [6, 6.07) is 1.42. The van der Waals surface area contributed by atoms with Crippen molar-refractivity contribution in [1.82, 2.24) is 4.98 Å². The summed E-state index contributed by atoms with van der Waals surface area (Å²) in [6.45, 7) is 4.02. The van der Waals surface area contributed by atoms with Gasteiger partial charge in [0.1, 0.15) is 5.82 Å². The summed E-state index contributed by atoms with van der Waals surface area (Å²) in [6.07, 6.45) is 1.45. The molecule has 1 aromatic rings. The third-order valence-electron chi connectivity index (χ3n) is 2.61. The highest BCUT2D eigenvalue weighted by atomic mass is 35.5. The number of carboxylic acid groups (broad SMARTS) is 1. The monoisotopic (exact) mass is 256 g/mol. The van der Waals surface area contributed by atoms with E-state index in [0.717, 1.165) is 0 Å². The van der Waals surface area contributed by atoms with Crippen molar-refractivity contribution < 1.29 is 14.6 Å². The van der Waals surface area contributed by atoms with Crippen molar-refractivity contribution in [1.29, 1.82) is 0 Å². The molecule has 1 N–H and O–H groups in total. The van der Waals surface area contributed by atoms with E-state index in [4.69, 9.17) is 21.4 Å². The standard InChI is InChI=1S/C11H13ClN2O3/c1-7-6-14(2-3-17-7)10-9(12)4-8(5-13-10)11(15)16/h4-5,7H,2-3,6H2,1H3,(H,15,16). The molecule has 0 radical (unpaired) electrons. The Kier molecular flexibility index (Phi) is 3.49. The van der Waals surface area contributed by atoms with Gasteiger partial charge in [-0.3, -0.25) is 0 Å². The number of rotatable bonds is 2. The predicted molar refractivity (Wildman–Crippen MR) is 63.8 cm³/mol. The predicted octanol–water partition coefficient (Wildman–Crippen LogP) is 1.66. The number of aromatic nitrogens is 1. The van der Waals surface area contributed by atoms with Crippen LogP contribution in [0.4, 0.5) is 5.82 Å². The lowest BCUT2D eigenvalue weighted by Crippen LogP contribution is -2.41. The molecule has 0 saturated carbocycles. The molecule has 6 heteroatoms. The van der Waals surface area contributed by atoms with Crippen LogP contribution >= 0.6 is 11.6 Å². The maximum Gasteiger partial charge on any atom is 0.337 e. The fourth-order valence-corrected chi connectivity index (χ4v) is 2.08. The SMILES string of the molecule is CC1CN(c2ncc(C(=O)O)cc2Cl)CCO1. The van der Waals surface area contributed by atoms with Crippen molar-refractivity contribution in [2.75, 3.05) is 24.6 Å². The van der Waals surface area contributed by atoms with Crippen LogP contribution in [0.3, 0.4) is 0 Å². The molecule has 1 aliphatic heterocycles. The average molecular weight is 257 g/mol. The van der Waals surface area contributed by atoms with E-state index >= 15 is 0 Å². The van der Waals surface area contributed by atoms with Gasteiger partial charge >= 0.3 is 5.97 Å². The molecule has 5 nitrogen and oxygen atoms in total. The van der Waals surface area contributed by atoms with Crippen molar-refractivity contribution in [3.05, 3.63) is 22.8 Å². The van der Waals surface area contributed by atoms with Crippen molar-refractivity contribution in [3.8, 4) is 0 Å². The van der Waals surface area contributed by atoms with Gasteiger partial charge in [0.15, 0.2) is 0 Å². The Morgan fingerprint density at radius 3 is 3.06 bits per heavy atom. The zero-order valence-electron chi connectivity index (χ0n) is 9.39. The van der Waals surface area contributed by atoms with Crippen LogP contribution in [0.25, 0.3) is 0 Å². The number of ether oxygens (including phenoxy) is 1. The fraction of sp³-hybridized carbons (Fsp3) is 0.455. The van der Waals surface area contributed by atoms with Gasteiger partial charge in [-0.15, -0.1) is 0 Å². The quantitative estimate of drug-likeness (QED) is 0.872. The number of morpholine rings is 1. The van der Waals surface area contributed by atoms with E-state index in [0.29, 0.717) is 30.5 Å². The topological polar surface area (TPSA) is 62.7 Å². The highest BCUT2D eigenvalue weighted by Gasteiger charge is 2.20. The summed E-state index contributed by atoms with van der Waals surface area (Å²) >= 11 is 6.05. The van der Waals surface area contributed by atoms with Crippen LogP contribution in [-0.4, -0.2) is 41.9 Å². The van der Waals surface area contributed by atoms with E-state index in [1.807, 2.05) is 11.8 Å². The van der Waals surface area contributed by atoms with Gasteiger partial charge in [-0.25, -0.2) is 9.78 Å². The lowest BCUT2D eigenvalue weighted by Gasteiger charge is -2.32. The molecule has 1 fully saturated rings. The minimum atomic E-state index is -1.03. The summed E-state index contributed by atoms with van der Waals surface area (Å²) in [5, 5.41) is 9.18. The third-order valence-corrected chi connectivity index (χ3v) is 2.89. The van der Waals surface area contributed by atoms with Crippen LogP contribution in [0.15, 0.2) is 12.3 Å². The molecule has 92 valence electrons. The number of aromatic carboxylic acids is 1. The van der Waals surface area contributed by atoms with Gasteiger partial charge < -0.3 is 14.7 Å². The minimum Gasteiger partial charge on any atom is -0.478 e. The Morgan fingerprint density at radius 2 is 2.47 bits per heavy atom. The van der Waals surface area contributed by atoms with E-state index < -0.39 is 5.97 Å². The summed E-state index contributed by atoms with van der Waals surface area (Å²) in [5.41, 5.74) is 0.0973. The summed E-state index contributed by atoms with van der Waals surface area (Å²) in [4.78, 5) is 16.9. The van der Waals surface area contributed by atoms with Crippen molar-refractivity contribution in [2.45, 2.75) is 13.0 Å². The molecule has 1 saturated heterocycles. The first kappa shape index (κ1) is 12.1. The van der Waals surface area contributed by atoms with Crippen LogP contribution in [0.5, 0.6) is 0 Å². The molecule has 0 aromatic carbocycles. The molecule has 2 heterocycles. The second-order valence-corrected chi connectivity index (χ2v) is 4.37. The zero-order chi connectivity index (χ0) is 12.4. The Labute approximate surface area is 104 Å². The number of carbonyl (C=O) groups is 1. The summed E-state index contributed by atoms with van der Waals surface area (Å²) in [5.74, 6) is -0.409. The van der Waals surface area contributed by atoms with Crippen LogP contribution < -0.4 is 4.90 Å². The number of carboxylic acids is 1. The molecule has 1 atom stereocenters. The van der Waals surface area contributed by atoms with Gasteiger partial charge in [0.05, 0.1) is 23.3 Å². The maximum absolute atomic E-state index is 10.8. The first-order valence-electron chi connectivity index (χ1n) is 5.33. The highest BCUT2D eigenvalue weighted by molar-refractivity contribution is 6.33. The first-order valence-corrected chi connectivity index (χ1v) is 5.71. The number of anilines is 1. The Balaban J connectivity index is 2.23. The molecule has 0 aliphatic carbocycles. The third kappa shape index (κ3) is 2.68. The van der Waals surface area contributed by atoms with E-state index in [1.165, 1.54) is 12.3 Å². The lowest BCUT2D eigenvalue weighted by molar-refractivity contribution is 0.0529. The van der Waals surface area contributed by atoms with Gasteiger partial charge in [0, 0.05) is 19.3 Å². The van der Waals surface area contributed by atoms with Crippen molar-refractivity contribution >= 4 is 23.4 Å². The summed E-state index contributed by atoms with van der Waals surface area (Å²) < 4.78 is 5.42. The molecule has 1 unspecified atom stereocenters. The number of pyridine rings is 1. The molecular weight excluding hydrogens is 244 g/mol. The number of nitrogens with zero attached hydrogens (tertiary/aromatic N) is 2. The van der Waals surface area contributed by atoms with Gasteiger partial charge in [0.2, 0.25) is 0 Å². The maximum atomic E-state index is 10.8. The molecule has 17 heavy (non-hydrogen) atoms. The van der Waals surface area contributed by atoms with Crippen LogP contribution in [0.1, 0.15) is 17.3 Å². The zero-order valence-corrected chi connectivity index (χ0v) is 10.1. The first-order chi connectivity index (χ1) is 8.08. The number of halogens is 1. The number of hydrogen-bond donors (Lipinski definition) is 1. The van der Waals surface area contributed by atoms with Crippen molar-refractivity contribution in [2.24, 2.45) is 0 Å². The molecule has 0 amide bonds. The average Bonchev–Trinajstić information content (AvgIpc) is 2.28. The Bertz CT molecular complexity index is 439.